The molecule has 1 aliphatic rings. The molecule has 2 amide bonds. The van der Waals surface area contributed by atoms with Gasteiger partial charge in [-0.3, -0.25) is 9.59 Å². The van der Waals surface area contributed by atoms with Gasteiger partial charge in [-0.15, -0.1) is 0 Å². The van der Waals surface area contributed by atoms with Crippen molar-refractivity contribution in [3.63, 3.8) is 0 Å². The lowest BCUT2D eigenvalue weighted by atomic mass is 10.1. The van der Waals surface area contributed by atoms with Crippen molar-refractivity contribution >= 4 is 23.6 Å². The van der Waals surface area contributed by atoms with E-state index in [9.17, 15) is 9.59 Å². The number of hydrogen-bond donors (Lipinski definition) is 2. The van der Waals surface area contributed by atoms with Gasteiger partial charge in [-0.05, 0) is 55.1 Å². The first-order valence-electron chi connectivity index (χ1n) is 12.1. The molecule has 0 aliphatic carbocycles. The van der Waals surface area contributed by atoms with E-state index >= 15 is 0 Å². The van der Waals surface area contributed by atoms with Gasteiger partial charge >= 0.3 is 0 Å². The van der Waals surface area contributed by atoms with Gasteiger partial charge in [0.05, 0.1) is 20.5 Å². The van der Waals surface area contributed by atoms with E-state index in [-0.39, 0.29) is 5.70 Å². The van der Waals surface area contributed by atoms with E-state index in [1.54, 1.807) is 30.3 Å². The number of furan rings is 1. The molecule has 2 aromatic carbocycles. The van der Waals surface area contributed by atoms with E-state index in [0.29, 0.717) is 29.4 Å². The second-order valence-electron chi connectivity index (χ2n) is 8.74. The Kier molecular flexibility index (Phi) is 8.48. The van der Waals surface area contributed by atoms with Crippen LogP contribution < -0.4 is 25.0 Å². The molecule has 1 aliphatic heterocycles. The monoisotopic (exact) mass is 504 g/mol. The molecule has 37 heavy (non-hydrogen) atoms. The summed E-state index contributed by atoms with van der Waals surface area (Å²) >= 11 is 0. The maximum absolute atomic E-state index is 13.1. The number of rotatable bonds is 9. The minimum Gasteiger partial charge on any atom is -0.493 e. The van der Waals surface area contributed by atoms with Crippen molar-refractivity contribution in [1.82, 2.24) is 15.5 Å². The van der Waals surface area contributed by atoms with Crippen LogP contribution in [0.4, 0.5) is 5.69 Å². The molecule has 1 saturated heterocycles. The number of ether oxygens (including phenoxy) is 2. The van der Waals surface area contributed by atoms with Crippen molar-refractivity contribution in [3.05, 3.63) is 83.4 Å². The lowest BCUT2D eigenvalue weighted by molar-refractivity contribution is -0.117. The zero-order chi connectivity index (χ0) is 26.2. The summed E-state index contributed by atoms with van der Waals surface area (Å²) in [5, 5.41) is 5.58. The van der Waals surface area contributed by atoms with Crippen molar-refractivity contribution < 1.29 is 23.5 Å². The van der Waals surface area contributed by atoms with Gasteiger partial charge in [0.1, 0.15) is 11.5 Å². The normalized spacial score (nSPS) is 14.2. The summed E-state index contributed by atoms with van der Waals surface area (Å²) in [6, 6.07) is 16.4. The van der Waals surface area contributed by atoms with Gasteiger partial charge in [-0.2, -0.15) is 0 Å². The van der Waals surface area contributed by atoms with Crippen molar-refractivity contribution in [1.29, 1.82) is 0 Å². The van der Waals surface area contributed by atoms with Crippen LogP contribution in [0.1, 0.15) is 21.7 Å². The molecular weight excluding hydrogens is 472 g/mol. The lowest BCUT2D eigenvalue weighted by Crippen LogP contribution is -2.44. The first-order chi connectivity index (χ1) is 18.0. The average molecular weight is 505 g/mol. The number of carbonyl (C=O) groups excluding carboxylic acids is 2. The second-order valence-corrected chi connectivity index (χ2v) is 8.74. The molecule has 194 valence electrons. The van der Waals surface area contributed by atoms with Crippen LogP contribution in [-0.4, -0.2) is 64.2 Å². The van der Waals surface area contributed by atoms with Crippen LogP contribution in [-0.2, 0) is 11.3 Å². The summed E-state index contributed by atoms with van der Waals surface area (Å²) < 4.78 is 15.9. The smallest absolute Gasteiger partial charge is 0.268 e. The Morgan fingerprint density at radius 2 is 1.70 bits per heavy atom. The second kappa shape index (κ2) is 12.1. The average Bonchev–Trinajstić information content (AvgIpc) is 3.45. The van der Waals surface area contributed by atoms with E-state index < -0.39 is 11.8 Å². The van der Waals surface area contributed by atoms with Crippen molar-refractivity contribution in [2.45, 2.75) is 6.54 Å². The Balaban J connectivity index is 1.43. The summed E-state index contributed by atoms with van der Waals surface area (Å²) in [5.41, 5.74) is 2.50. The number of piperazine rings is 1. The predicted molar refractivity (Wildman–Crippen MR) is 142 cm³/mol. The maximum Gasteiger partial charge on any atom is 0.268 e. The highest BCUT2D eigenvalue weighted by Crippen LogP contribution is 2.27. The third-order valence-electron chi connectivity index (χ3n) is 6.23. The van der Waals surface area contributed by atoms with E-state index in [0.717, 1.165) is 31.7 Å². The number of anilines is 1. The highest BCUT2D eigenvalue weighted by molar-refractivity contribution is 6.05. The fourth-order valence-electron chi connectivity index (χ4n) is 4.01. The van der Waals surface area contributed by atoms with Crippen LogP contribution >= 0.6 is 0 Å². The minimum atomic E-state index is -0.467. The molecule has 0 radical (unpaired) electrons. The van der Waals surface area contributed by atoms with Gasteiger partial charge in [0.15, 0.2) is 11.5 Å². The summed E-state index contributed by atoms with van der Waals surface area (Å²) in [6.45, 7) is 4.37. The van der Waals surface area contributed by atoms with Gasteiger partial charge < -0.3 is 34.3 Å². The van der Waals surface area contributed by atoms with Crippen molar-refractivity contribution in [2.24, 2.45) is 0 Å². The molecule has 1 fully saturated rings. The fraction of sp³-hybridized carbons (Fsp3) is 0.286. The summed E-state index contributed by atoms with van der Waals surface area (Å²) in [7, 11) is 5.15. The molecule has 9 heteroatoms. The number of likely N-dealkylation sites (N-methyl/N-ethyl adjacent to an activating group) is 1. The number of benzene rings is 2. The van der Waals surface area contributed by atoms with Gasteiger partial charge in [0.25, 0.3) is 11.8 Å². The Bertz CT molecular complexity index is 1230. The van der Waals surface area contributed by atoms with Crippen LogP contribution in [0.15, 0.2) is 71.0 Å². The number of carbonyl (C=O) groups is 2. The Morgan fingerprint density at radius 1 is 0.973 bits per heavy atom. The zero-order valence-electron chi connectivity index (χ0n) is 21.3. The number of nitrogens with zero attached hydrogens (tertiary/aromatic N) is 2. The molecule has 2 heterocycles. The van der Waals surface area contributed by atoms with Crippen LogP contribution in [0.25, 0.3) is 6.08 Å². The standard InChI is InChI=1S/C28H32N4O5/c1-31-12-14-32(15-13-31)22-9-6-20(7-10-22)19-29-28(34)24(18-23-5-4-16-37-23)30-27(33)21-8-11-25(35-2)26(17-21)36-3/h4-11,16-18H,12-15,19H2,1-3H3,(H,29,34)(H,30,33)/b24-18-. The largest absolute Gasteiger partial charge is 0.493 e. The van der Waals surface area contributed by atoms with Gasteiger partial charge in [-0.1, -0.05) is 12.1 Å². The van der Waals surface area contributed by atoms with Crippen LogP contribution in [0.2, 0.25) is 0 Å². The molecule has 1 aromatic heterocycles. The fourth-order valence-corrected chi connectivity index (χ4v) is 4.01. The van der Waals surface area contributed by atoms with Crippen LogP contribution in [0.3, 0.4) is 0 Å². The molecular formula is C28H32N4O5. The SMILES string of the molecule is COc1ccc(C(=O)N/C(=C\c2ccco2)C(=O)NCc2ccc(N3CCN(C)CC3)cc2)cc1OC. The Labute approximate surface area is 216 Å². The van der Waals surface area contributed by atoms with Gasteiger partial charge in [-0.25, -0.2) is 0 Å². The lowest BCUT2D eigenvalue weighted by Gasteiger charge is -2.34. The topological polar surface area (TPSA) is 96.3 Å². The molecule has 0 spiro atoms. The predicted octanol–water partition coefficient (Wildman–Crippen LogP) is 3.14. The third-order valence-corrected chi connectivity index (χ3v) is 6.23. The minimum absolute atomic E-state index is 0.0591. The molecule has 3 aromatic rings. The third kappa shape index (κ3) is 6.71. The number of amides is 2. The highest BCUT2D eigenvalue weighted by Gasteiger charge is 2.18. The highest BCUT2D eigenvalue weighted by atomic mass is 16.5. The van der Waals surface area contributed by atoms with E-state index in [2.05, 4.69) is 39.6 Å². The summed E-state index contributed by atoms with van der Waals surface area (Å²) in [4.78, 5) is 30.7. The quantitative estimate of drug-likeness (QED) is 0.432. The van der Waals surface area contributed by atoms with Gasteiger partial charge in [0, 0.05) is 50.1 Å². The number of hydrogen-bond acceptors (Lipinski definition) is 7. The van der Waals surface area contributed by atoms with Crippen LogP contribution in [0.5, 0.6) is 11.5 Å². The first-order valence-corrected chi connectivity index (χ1v) is 12.1. The molecule has 0 unspecified atom stereocenters. The van der Waals surface area contributed by atoms with Crippen molar-refractivity contribution in [3.8, 4) is 11.5 Å². The van der Waals surface area contributed by atoms with E-state index in [1.807, 2.05) is 12.1 Å². The molecule has 0 bridgehead atoms. The molecule has 2 N–H and O–H groups in total. The molecule has 9 nitrogen and oxygen atoms in total. The Morgan fingerprint density at radius 3 is 2.35 bits per heavy atom. The number of methoxy groups -OCH3 is 2. The van der Waals surface area contributed by atoms with Crippen molar-refractivity contribution in [2.75, 3.05) is 52.3 Å². The summed E-state index contributed by atoms with van der Waals surface area (Å²) in [5.74, 6) is 0.450. The van der Waals surface area contributed by atoms with E-state index in [4.69, 9.17) is 13.9 Å². The van der Waals surface area contributed by atoms with Crippen LogP contribution in [0, 0.1) is 0 Å². The number of nitrogens with one attached hydrogen (secondary N) is 2. The van der Waals surface area contributed by atoms with Gasteiger partial charge in [0.2, 0.25) is 0 Å². The molecule has 0 saturated carbocycles. The maximum atomic E-state index is 13.1. The summed E-state index contributed by atoms with van der Waals surface area (Å²) in [6.07, 6.45) is 2.99. The molecule has 0 atom stereocenters. The first kappa shape index (κ1) is 25.8. The van der Waals surface area contributed by atoms with E-state index in [1.165, 1.54) is 32.2 Å². The Hall–Kier alpha value is -4.24. The molecule has 4 rings (SSSR count). The zero-order valence-corrected chi connectivity index (χ0v) is 21.3.